The molecule has 7 heteroatoms. The summed E-state index contributed by atoms with van der Waals surface area (Å²) in [6, 6.07) is 14.2. The minimum Gasteiger partial charge on any atom is -0.365 e. The van der Waals surface area contributed by atoms with Crippen molar-refractivity contribution in [1.82, 2.24) is 4.90 Å². The van der Waals surface area contributed by atoms with Gasteiger partial charge in [0.2, 0.25) is 5.91 Å². The van der Waals surface area contributed by atoms with Crippen molar-refractivity contribution in [1.29, 1.82) is 0 Å². The molecule has 0 unspecified atom stereocenters. The van der Waals surface area contributed by atoms with E-state index >= 15 is 0 Å². The smallest absolute Gasteiger partial charge is 0.251 e. The maximum Gasteiger partial charge on any atom is 0.251 e. The molecule has 0 atom stereocenters. The summed E-state index contributed by atoms with van der Waals surface area (Å²) in [4.78, 5) is 28.9. The standard InChI is InChI=1S/C22H21N3O2S2/c23-21(27)20-17-10-11-25(13-15-5-2-1-3-6-15)14-18(17)29-22(20)24-19(26)9-8-16-7-4-12-28-16/h1-9,12H,10-11,13-14H2,(H2,23,27)(H,24,26). The molecule has 0 aliphatic carbocycles. The number of benzene rings is 1. The highest BCUT2D eigenvalue weighted by atomic mass is 32.1. The van der Waals surface area contributed by atoms with Crippen LogP contribution in [0.25, 0.3) is 6.08 Å². The first-order chi connectivity index (χ1) is 14.1. The van der Waals surface area contributed by atoms with Gasteiger partial charge in [0.05, 0.1) is 5.56 Å². The Morgan fingerprint density at radius 3 is 2.72 bits per heavy atom. The Kier molecular flexibility index (Phi) is 5.89. The molecule has 2 aromatic heterocycles. The van der Waals surface area contributed by atoms with Crippen LogP contribution in [-0.2, 0) is 24.3 Å². The Labute approximate surface area is 177 Å². The highest BCUT2D eigenvalue weighted by Crippen LogP contribution is 2.37. The Morgan fingerprint density at radius 1 is 1.17 bits per heavy atom. The first-order valence-electron chi connectivity index (χ1n) is 9.33. The van der Waals surface area contributed by atoms with Gasteiger partial charge >= 0.3 is 0 Å². The van der Waals surface area contributed by atoms with Crippen LogP contribution in [0.2, 0.25) is 0 Å². The Balaban J connectivity index is 1.51. The van der Waals surface area contributed by atoms with E-state index in [9.17, 15) is 9.59 Å². The number of carbonyl (C=O) groups is 2. The van der Waals surface area contributed by atoms with Crippen molar-refractivity contribution < 1.29 is 9.59 Å². The number of nitrogens with one attached hydrogen (secondary N) is 1. The molecule has 0 saturated heterocycles. The Hall–Kier alpha value is -2.74. The maximum atomic E-state index is 12.4. The lowest BCUT2D eigenvalue weighted by molar-refractivity contribution is -0.111. The zero-order valence-corrected chi connectivity index (χ0v) is 17.4. The van der Waals surface area contributed by atoms with E-state index in [0.717, 1.165) is 41.4 Å². The second-order valence-corrected chi connectivity index (χ2v) is 8.94. The molecular weight excluding hydrogens is 402 g/mol. The zero-order valence-electron chi connectivity index (χ0n) is 15.8. The lowest BCUT2D eigenvalue weighted by atomic mass is 10.0. The molecule has 0 radical (unpaired) electrons. The molecule has 0 saturated carbocycles. The number of fused-ring (bicyclic) bond motifs is 1. The summed E-state index contributed by atoms with van der Waals surface area (Å²) in [5.41, 5.74) is 8.35. The molecule has 0 spiro atoms. The number of nitrogens with two attached hydrogens (primary N) is 1. The van der Waals surface area contributed by atoms with Crippen LogP contribution in [0.15, 0.2) is 53.9 Å². The van der Waals surface area contributed by atoms with Crippen LogP contribution in [0, 0.1) is 0 Å². The van der Waals surface area contributed by atoms with Crippen LogP contribution in [0.4, 0.5) is 5.00 Å². The molecule has 2 amide bonds. The van der Waals surface area contributed by atoms with Crippen molar-refractivity contribution in [2.75, 3.05) is 11.9 Å². The van der Waals surface area contributed by atoms with E-state index in [2.05, 4.69) is 22.3 Å². The molecule has 148 valence electrons. The number of hydrogen-bond acceptors (Lipinski definition) is 5. The Bertz CT molecular complexity index is 1040. The van der Waals surface area contributed by atoms with E-state index in [1.165, 1.54) is 23.0 Å². The van der Waals surface area contributed by atoms with Gasteiger partial charge in [-0.25, -0.2) is 0 Å². The molecule has 3 aromatic rings. The number of amides is 2. The van der Waals surface area contributed by atoms with Crippen molar-refractivity contribution in [3.8, 4) is 0 Å². The molecule has 1 aromatic carbocycles. The number of anilines is 1. The summed E-state index contributed by atoms with van der Waals surface area (Å²) in [5, 5.41) is 5.36. The lowest BCUT2D eigenvalue weighted by Gasteiger charge is -2.27. The van der Waals surface area contributed by atoms with Gasteiger partial charge in [-0.2, -0.15) is 0 Å². The fourth-order valence-electron chi connectivity index (χ4n) is 3.48. The number of hydrogen-bond donors (Lipinski definition) is 2. The van der Waals surface area contributed by atoms with Crippen LogP contribution < -0.4 is 11.1 Å². The predicted molar refractivity (Wildman–Crippen MR) is 119 cm³/mol. The third-order valence-corrected chi connectivity index (χ3v) is 6.78. The van der Waals surface area contributed by atoms with E-state index in [1.54, 1.807) is 17.4 Å². The van der Waals surface area contributed by atoms with Gasteiger partial charge in [-0.05, 0) is 35.1 Å². The molecule has 0 fully saturated rings. The second kappa shape index (κ2) is 8.73. The quantitative estimate of drug-likeness (QED) is 0.586. The van der Waals surface area contributed by atoms with Gasteiger partial charge in [-0.1, -0.05) is 36.4 Å². The van der Waals surface area contributed by atoms with Crippen molar-refractivity contribution in [3.05, 3.63) is 80.4 Å². The van der Waals surface area contributed by atoms with Gasteiger partial charge in [0.25, 0.3) is 5.91 Å². The lowest BCUT2D eigenvalue weighted by Crippen LogP contribution is -2.30. The third-order valence-electron chi connectivity index (χ3n) is 4.81. The molecule has 5 nitrogen and oxygen atoms in total. The van der Waals surface area contributed by atoms with E-state index in [4.69, 9.17) is 5.73 Å². The van der Waals surface area contributed by atoms with Crippen molar-refractivity contribution >= 4 is 45.6 Å². The largest absolute Gasteiger partial charge is 0.365 e. The number of carbonyl (C=O) groups excluding carboxylic acids is 2. The normalized spacial score (nSPS) is 14.1. The predicted octanol–water partition coefficient (Wildman–Crippen LogP) is 4.12. The minimum absolute atomic E-state index is 0.263. The fourth-order valence-corrected chi connectivity index (χ4v) is 5.40. The second-order valence-electron chi connectivity index (χ2n) is 6.86. The van der Waals surface area contributed by atoms with Gasteiger partial charge in [-0.15, -0.1) is 22.7 Å². The molecule has 4 rings (SSSR count). The van der Waals surface area contributed by atoms with E-state index < -0.39 is 5.91 Å². The first-order valence-corrected chi connectivity index (χ1v) is 11.0. The summed E-state index contributed by atoms with van der Waals surface area (Å²) < 4.78 is 0. The van der Waals surface area contributed by atoms with Crippen molar-refractivity contribution in [2.24, 2.45) is 5.73 Å². The molecule has 1 aliphatic heterocycles. The van der Waals surface area contributed by atoms with Gasteiger partial charge in [0.15, 0.2) is 0 Å². The highest BCUT2D eigenvalue weighted by Gasteiger charge is 2.27. The van der Waals surface area contributed by atoms with Crippen LogP contribution >= 0.6 is 22.7 Å². The number of rotatable bonds is 6. The van der Waals surface area contributed by atoms with Gasteiger partial charge in [0, 0.05) is 35.5 Å². The summed E-state index contributed by atoms with van der Waals surface area (Å²) in [7, 11) is 0. The topological polar surface area (TPSA) is 75.4 Å². The molecular formula is C22H21N3O2S2. The fraction of sp³-hybridized carbons (Fsp3) is 0.182. The summed E-state index contributed by atoms with van der Waals surface area (Å²) in [6.07, 6.45) is 3.99. The summed E-state index contributed by atoms with van der Waals surface area (Å²) >= 11 is 3.01. The number of nitrogens with zero attached hydrogens (tertiary/aromatic N) is 1. The van der Waals surface area contributed by atoms with Crippen LogP contribution in [0.3, 0.4) is 0 Å². The molecule has 0 bridgehead atoms. The third kappa shape index (κ3) is 4.64. The number of primary amides is 1. The van der Waals surface area contributed by atoms with Gasteiger partial charge in [0.1, 0.15) is 5.00 Å². The van der Waals surface area contributed by atoms with E-state index in [0.29, 0.717) is 10.6 Å². The average molecular weight is 424 g/mol. The maximum absolute atomic E-state index is 12.4. The Morgan fingerprint density at radius 2 is 2.00 bits per heavy atom. The van der Waals surface area contributed by atoms with Crippen molar-refractivity contribution in [2.45, 2.75) is 19.5 Å². The first kappa shape index (κ1) is 19.6. The minimum atomic E-state index is -0.489. The van der Waals surface area contributed by atoms with Crippen LogP contribution in [0.5, 0.6) is 0 Å². The number of thiophene rings is 2. The summed E-state index contributed by atoms with van der Waals surface area (Å²) in [6.45, 7) is 2.45. The highest BCUT2D eigenvalue weighted by molar-refractivity contribution is 7.17. The monoisotopic (exact) mass is 423 g/mol. The van der Waals surface area contributed by atoms with Crippen LogP contribution in [-0.4, -0.2) is 23.3 Å². The molecule has 29 heavy (non-hydrogen) atoms. The molecule has 3 heterocycles. The van der Waals surface area contributed by atoms with E-state index in [-0.39, 0.29) is 5.91 Å². The SMILES string of the molecule is NC(=O)c1c(NC(=O)C=Cc2cccs2)sc2c1CCN(Cc1ccccc1)C2. The van der Waals surface area contributed by atoms with Crippen LogP contribution in [0.1, 0.15) is 31.2 Å². The van der Waals surface area contributed by atoms with Crippen molar-refractivity contribution in [3.63, 3.8) is 0 Å². The van der Waals surface area contributed by atoms with Gasteiger partial charge < -0.3 is 11.1 Å². The van der Waals surface area contributed by atoms with Gasteiger partial charge in [-0.3, -0.25) is 14.5 Å². The molecule has 3 N–H and O–H groups in total. The van der Waals surface area contributed by atoms with E-state index in [1.807, 2.05) is 35.7 Å². The zero-order chi connectivity index (χ0) is 20.2. The molecule has 1 aliphatic rings. The average Bonchev–Trinajstić information content (AvgIpc) is 3.34. The summed E-state index contributed by atoms with van der Waals surface area (Å²) in [5.74, 6) is -0.753.